The van der Waals surface area contributed by atoms with E-state index in [1.807, 2.05) is 19.9 Å². The number of carboxylic acid groups (broad SMARTS) is 1. The zero-order valence-corrected chi connectivity index (χ0v) is 16.5. The maximum atomic E-state index is 12.5. The molecule has 0 saturated carbocycles. The minimum Gasteiger partial charge on any atom is -0.548 e. The summed E-state index contributed by atoms with van der Waals surface area (Å²) in [6.07, 6.45) is 1.66. The minimum absolute atomic E-state index is 0.196. The van der Waals surface area contributed by atoms with Crippen molar-refractivity contribution in [1.82, 2.24) is 5.32 Å². The Morgan fingerprint density at radius 3 is 2.68 bits per heavy atom. The molecule has 0 unspecified atom stereocenters. The summed E-state index contributed by atoms with van der Waals surface area (Å²) in [7, 11) is 0. The van der Waals surface area contributed by atoms with Crippen molar-refractivity contribution in [2.75, 3.05) is 0 Å². The smallest absolute Gasteiger partial charge is 0.340 e. The average molecular weight is 386 g/mol. The van der Waals surface area contributed by atoms with Crippen LogP contribution in [0.1, 0.15) is 50.3 Å². The van der Waals surface area contributed by atoms with Gasteiger partial charge in [0.05, 0.1) is 24.0 Å². The molecule has 1 amide bonds. The Morgan fingerprint density at radius 1 is 1.32 bits per heavy atom. The molecule has 2 aromatic rings. The SMILES string of the molecule is CC[C@H](NC(=O)Cc1c(C)c2cc3c(cc2oc1=O)OC(C)(C)CC3)C(=O)[O-]. The Morgan fingerprint density at radius 2 is 2.04 bits per heavy atom. The Labute approximate surface area is 162 Å². The summed E-state index contributed by atoms with van der Waals surface area (Å²) in [5, 5.41) is 14.1. The minimum atomic E-state index is -1.35. The molecule has 1 aromatic heterocycles. The number of amides is 1. The van der Waals surface area contributed by atoms with Gasteiger partial charge in [0.15, 0.2) is 0 Å². The maximum absolute atomic E-state index is 12.5. The van der Waals surface area contributed by atoms with E-state index in [-0.39, 0.29) is 24.0 Å². The number of benzene rings is 1. The summed E-state index contributed by atoms with van der Waals surface area (Å²) in [6, 6.07) is 2.58. The average Bonchev–Trinajstić information content (AvgIpc) is 2.61. The van der Waals surface area contributed by atoms with Crippen LogP contribution in [0.25, 0.3) is 11.0 Å². The molecule has 1 N–H and O–H groups in total. The number of carbonyl (C=O) groups excluding carboxylic acids is 2. The number of carbonyl (C=O) groups is 2. The fraction of sp³-hybridized carbons (Fsp3) is 0.476. The zero-order chi connectivity index (χ0) is 20.6. The van der Waals surface area contributed by atoms with Gasteiger partial charge in [-0.15, -0.1) is 0 Å². The Bertz CT molecular complexity index is 1000. The Balaban J connectivity index is 1.96. The Kier molecular flexibility index (Phi) is 5.19. The third-order valence-corrected chi connectivity index (χ3v) is 5.22. The van der Waals surface area contributed by atoms with Crippen LogP contribution < -0.4 is 20.8 Å². The number of hydrogen-bond acceptors (Lipinski definition) is 6. The Hall–Kier alpha value is -2.83. The topological polar surface area (TPSA) is 109 Å². The van der Waals surface area contributed by atoms with Crippen LogP contribution in [0.2, 0.25) is 0 Å². The van der Waals surface area contributed by atoms with E-state index in [1.165, 1.54) is 0 Å². The summed E-state index contributed by atoms with van der Waals surface area (Å²) in [6.45, 7) is 7.42. The van der Waals surface area contributed by atoms with Crippen molar-refractivity contribution in [2.45, 2.75) is 65.0 Å². The molecule has 1 aliphatic rings. The van der Waals surface area contributed by atoms with E-state index < -0.39 is 23.5 Å². The summed E-state index contributed by atoms with van der Waals surface area (Å²) < 4.78 is 11.4. The number of aliphatic carboxylic acids is 1. The van der Waals surface area contributed by atoms with Crippen LogP contribution in [0, 0.1) is 6.92 Å². The molecular formula is C21H24NO6-. The first-order valence-electron chi connectivity index (χ1n) is 9.39. The molecule has 1 atom stereocenters. The van der Waals surface area contributed by atoms with E-state index in [2.05, 4.69) is 5.32 Å². The van der Waals surface area contributed by atoms with Crippen molar-refractivity contribution in [1.29, 1.82) is 0 Å². The number of carboxylic acids is 1. The molecule has 28 heavy (non-hydrogen) atoms. The van der Waals surface area contributed by atoms with Gasteiger partial charge in [0.1, 0.15) is 16.9 Å². The van der Waals surface area contributed by atoms with Crippen LogP contribution in [0.4, 0.5) is 0 Å². The van der Waals surface area contributed by atoms with E-state index in [0.717, 1.165) is 23.8 Å². The lowest BCUT2D eigenvalue weighted by atomic mass is 9.92. The molecule has 7 heteroatoms. The highest BCUT2D eigenvalue weighted by atomic mass is 16.5. The lowest BCUT2D eigenvalue weighted by molar-refractivity contribution is -0.308. The highest BCUT2D eigenvalue weighted by molar-refractivity contribution is 5.87. The van der Waals surface area contributed by atoms with Gasteiger partial charge in [0.25, 0.3) is 0 Å². The number of nitrogens with one attached hydrogen (secondary N) is 1. The van der Waals surface area contributed by atoms with Crippen molar-refractivity contribution in [3.05, 3.63) is 39.2 Å². The number of ether oxygens (including phenoxy) is 1. The second kappa shape index (κ2) is 7.30. The summed E-state index contributed by atoms with van der Waals surface area (Å²) in [5.41, 5.74) is 1.41. The van der Waals surface area contributed by atoms with Crippen LogP contribution in [-0.4, -0.2) is 23.5 Å². The van der Waals surface area contributed by atoms with Crippen molar-refractivity contribution < 1.29 is 23.8 Å². The van der Waals surface area contributed by atoms with E-state index in [4.69, 9.17) is 9.15 Å². The van der Waals surface area contributed by atoms with Crippen molar-refractivity contribution in [3.8, 4) is 5.75 Å². The van der Waals surface area contributed by atoms with Crippen molar-refractivity contribution in [3.63, 3.8) is 0 Å². The first-order valence-corrected chi connectivity index (χ1v) is 9.39. The van der Waals surface area contributed by atoms with Gasteiger partial charge >= 0.3 is 5.63 Å². The predicted molar refractivity (Wildman–Crippen MR) is 101 cm³/mol. The maximum Gasteiger partial charge on any atom is 0.340 e. The van der Waals surface area contributed by atoms with E-state index in [1.54, 1.807) is 19.9 Å². The molecule has 1 aliphatic heterocycles. The van der Waals surface area contributed by atoms with E-state index in [9.17, 15) is 19.5 Å². The van der Waals surface area contributed by atoms with Gasteiger partial charge in [-0.05, 0) is 57.2 Å². The highest BCUT2D eigenvalue weighted by Gasteiger charge is 2.28. The molecule has 0 fully saturated rings. The molecule has 0 aliphatic carbocycles. The number of fused-ring (bicyclic) bond motifs is 2. The zero-order valence-electron chi connectivity index (χ0n) is 16.5. The molecule has 0 radical (unpaired) electrons. The monoisotopic (exact) mass is 386 g/mol. The molecule has 0 bridgehead atoms. The highest BCUT2D eigenvalue weighted by Crippen LogP contribution is 2.36. The van der Waals surface area contributed by atoms with Gasteiger partial charge in [0.2, 0.25) is 5.91 Å². The van der Waals surface area contributed by atoms with Gasteiger partial charge < -0.3 is 24.4 Å². The summed E-state index contributed by atoms with van der Waals surface area (Å²) >= 11 is 0. The largest absolute Gasteiger partial charge is 0.548 e. The molecule has 7 nitrogen and oxygen atoms in total. The summed E-state index contributed by atoms with van der Waals surface area (Å²) in [4.78, 5) is 35.7. The lowest BCUT2D eigenvalue weighted by Crippen LogP contribution is -2.48. The van der Waals surface area contributed by atoms with E-state index in [0.29, 0.717) is 16.9 Å². The van der Waals surface area contributed by atoms with Crippen LogP contribution in [0.3, 0.4) is 0 Å². The standard InChI is InChI=1S/C21H25NO6/c1-5-15(19(24)25)22-18(23)9-14-11(2)13-8-12-6-7-21(3,4)28-16(12)10-17(13)27-20(14)26/h8,10,15H,5-7,9H2,1-4H3,(H,22,23)(H,24,25)/p-1/t15-/m0/s1. The molecule has 0 saturated heterocycles. The van der Waals surface area contributed by atoms with Crippen LogP contribution in [0.5, 0.6) is 5.75 Å². The van der Waals surface area contributed by atoms with Crippen LogP contribution >= 0.6 is 0 Å². The van der Waals surface area contributed by atoms with Crippen LogP contribution in [0.15, 0.2) is 21.3 Å². The van der Waals surface area contributed by atoms with Gasteiger partial charge in [-0.1, -0.05) is 6.92 Å². The molecule has 3 rings (SSSR count). The number of rotatable bonds is 5. The first kappa shape index (κ1) is 19.9. The molecule has 2 heterocycles. The molecule has 0 spiro atoms. The van der Waals surface area contributed by atoms with Crippen molar-refractivity contribution >= 4 is 22.8 Å². The number of hydrogen-bond donors (Lipinski definition) is 1. The molecule has 1 aromatic carbocycles. The first-order chi connectivity index (χ1) is 13.1. The van der Waals surface area contributed by atoms with Gasteiger partial charge in [-0.25, -0.2) is 4.79 Å². The van der Waals surface area contributed by atoms with Gasteiger partial charge in [-0.3, -0.25) is 4.79 Å². The second-order valence-electron chi connectivity index (χ2n) is 7.84. The number of aryl methyl sites for hydroxylation is 2. The fourth-order valence-electron chi connectivity index (χ4n) is 3.47. The molecule has 150 valence electrons. The lowest BCUT2D eigenvalue weighted by Gasteiger charge is -2.32. The third kappa shape index (κ3) is 3.88. The molecular weight excluding hydrogens is 362 g/mol. The normalized spacial score (nSPS) is 16.1. The summed E-state index contributed by atoms with van der Waals surface area (Å²) in [5.74, 6) is -1.21. The van der Waals surface area contributed by atoms with Crippen LogP contribution in [-0.2, 0) is 22.4 Å². The second-order valence-corrected chi connectivity index (χ2v) is 7.84. The quantitative estimate of drug-likeness (QED) is 0.778. The fourth-order valence-corrected chi connectivity index (χ4v) is 3.47. The van der Waals surface area contributed by atoms with Crippen molar-refractivity contribution in [2.24, 2.45) is 0 Å². The van der Waals surface area contributed by atoms with Gasteiger partial charge in [-0.2, -0.15) is 0 Å². The van der Waals surface area contributed by atoms with Gasteiger partial charge in [0, 0.05) is 11.5 Å². The van der Waals surface area contributed by atoms with E-state index >= 15 is 0 Å². The third-order valence-electron chi connectivity index (χ3n) is 5.22. The predicted octanol–water partition coefficient (Wildman–Crippen LogP) is 1.39.